The highest BCUT2D eigenvalue weighted by Crippen LogP contribution is 2.14. The number of nitrogens with zero attached hydrogens (tertiary/aromatic N) is 2. The van der Waals surface area contributed by atoms with Crippen molar-refractivity contribution in [1.29, 1.82) is 0 Å². The summed E-state index contributed by atoms with van der Waals surface area (Å²) in [7, 11) is 0. The first-order chi connectivity index (χ1) is 12.9. The van der Waals surface area contributed by atoms with Crippen molar-refractivity contribution in [2.45, 2.75) is 53.5 Å². The van der Waals surface area contributed by atoms with Gasteiger partial charge in [0.15, 0.2) is 0 Å². The highest BCUT2D eigenvalue weighted by molar-refractivity contribution is 6.34. The quantitative estimate of drug-likeness (QED) is 0.465. The van der Waals surface area contributed by atoms with Crippen molar-refractivity contribution in [3.05, 3.63) is 34.9 Å². The van der Waals surface area contributed by atoms with Gasteiger partial charge in [-0.25, -0.2) is 4.99 Å². The maximum atomic E-state index is 12.5. The molecule has 0 bridgehead atoms. The smallest absolute Gasteiger partial charge is 0.291 e. The molecule has 0 aromatic heterocycles. The second-order valence-electron chi connectivity index (χ2n) is 7.09. The maximum Gasteiger partial charge on any atom is 0.291 e. The molecule has 0 saturated carbocycles. The van der Waals surface area contributed by atoms with Crippen molar-refractivity contribution in [2.24, 2.45) is 10.9 Å². The molecule has 1 aromatic rings. The number of carbonyl (C=O) groups is 1. The van der Waals surface area contributed by atoms with Crippen molar-refractivity contribution >= 4 is 23.5 Å². The van der Waals surface area contributed by atoms with Crippen LogP contribution in [-0.4, -0.2) is 49.1 Å². The van der Waals surface area contributed by atoms with E-state index in [2.05, 4.69) is 42.9 Å². The zero-order valence-electron chi connectivity index (χ0n) is 17.3. The standard InChI is InChI=1S/C21H34ClN3O2/c1-6-25(7-2)14-10-11-17(5)23-21(27-15-16(3)4)24-20(26)18-12-8-9-13-19(18)22/h8-9,12-13,16-17H,6-7,10-11,14-15H2,1-5H3,(H,23,24,26). The van der Waals surface area contributed by atoms with Crippen LogP contribution in [0.25, 0.3) is 0 Å². The molecule has 0 saturated heterocycles. The molecule has 1 rings (SSSR count). The molecule has 1 N–H and O–H groups in total. The maximum absolute atomic E-state index is 12.5. The average Bonchev–Trinajstić information content (AvgIpc) is 2.63. The van der Waals surface area contributed by atoms with E-state index in [-0.39, 0.29) is 18.0 Å². The van der Waals surface area contributed by atoms with E-state index in [1.165, 1.54) is 0 Å². The third-order valence-electron chi connectivity index (χ3n) is 4.22. The van der Waals surface area contributed by atoms with Gasteiger partial charge in [-0.05, 0) is 57.5 Å². The molecule has 0 radical (unpaired) electrons. The number of hydrogen-bond donors (Lipinski definition) is 1. The zero-order chi connectivity index (χ0) is 20.2. The number of carbonyl (C=O) groups excluding carboxylic acids is 1. The Hall–Kier alpha value is -1.59. The Morgan fingerprint density at radius 2 is 1.89 bits per heavy atom. The van der Waals surface area contributed by atoms with Crippen LogP contribution in [0.4, 0.5) is 0 Å². The number of amidine groups is 1. The van der Waals surface area contributed by atoms with Crippen LogP contribution in [0.15, 0.2) is 29.3 Å². The molecule has 1 aromatic carbocycles. The first-order valence-corrected chi connectivity index (χ1v) is 10.2. The third-order valence-corrected chi connectivity index (χ3v) is 4.55. The Balaban J connectivity index is 2.72. The minimum atomic E-state index is -0.307. The van der Waals surface area contributed by atoms with E-state index < -0.39 is 0 Å². The van der Waals surface area contributed by atoms with Gasteiger partial charge in [0, 0.05) is 0 Å². The molecular formula is C21H34ClN3O2. The molecule has 1 amide bonds. The van der Waals surface area contributed by atoms with Crippen molar-refractivity contribution in [2.75, 3.05) is 26.2 Å². The monoisotopic (exact) mass is 395 g/mol. The summed E-state index contributed by atoms with van der Waals surface area (Å²) in [6, 6.07) is 7.28. The minimum absolute atomic E-state index is 0.0641. The van der Waals surface area contributed by atoms with E-state index in [9.17, 15) is 4.79 Å². The van der Waals surface area contributed by atoms with Gasteiger partial charge in [-0.1, -0.05) is 51.4 Å². The number of aliphatic imine (C=N–C) groups is 1. The number of halogens is 1. The average molecular weight is 396 g/mol. The van der Waals surface area contributed by atoms with Crippen LogP contribution in [0.3, 0.4) is 0 Å². The van der Waals surface area contributed by atoms with Crippen molar-refractivity contribution in [3.63, 3.8) is 0 Å². The van der Waals surface area contributed by atoms with Crippen molar-refractivity contribution < 1.29 is 9.53 Å². The molecule has 5 nitrogen and oxygen atoms in total. The molecule has 0 heterocycles. The lowest BCUT2D eigenvalue weighted by Gasteiger charge is -2.19. The molecular weight excluding hydrogens is 362 g/mol. The highest BCUT2D eigenvalue weighted by atomic mass is 35.5. The fraction of sp³-hybridized carbons (Fsp3) is 0.619. The predicted octanol–water partition coefficient (Wildman–Crippen LogP) is 4.61. The summed E-state index contributed by atoms with van der Waals surface area (Å²) in [5, 5.41) is 3.18. The van der Waals surface area contributed by atoms with Crippen LogP contribution in [0, 0.1) is 5.92 Å². The SMILES string of the molecule is CCN(CC)CCCC(C)N=C(NC(=O)c1ccccc1Cl)OCC(C)C. The van der Waals surface area contributed by atoms with Crippen molar-refractivity contribution in [1.82, 2.24) is 10.2 Å². The summed E-state index contributed by atoms with van der Waals surface area (Å²) < 4.78 is 5.74. The van der Waals surface area contributed by atoms with Gasteiger partial charge in [0.25, 0.3) is 11.9 Å². The van der Waals surface area contributed by atoms with E-state index in [1.54, 1.807) is 24.3 Å². The molecule has 0 aliphatic rings. The van der Waals surface area contributed by atoms with Crippen LogP contribution in [-0.2, 0) is 4.74 Å². The number of nitrogens with one attached hydrogen (secondary N) is 1. The topological polar surface area (TPSA) is 53.9 Å². The van der Waals surface area contributed by atoms with E-state index in [0.717, 1.165) is 32.5 Å². The van der Waals surface area contributed by atoms with Gasteiger partial charge in [-0.15, -0.1) is 0 Å². The lowest BCUT2D eigenvalue weighted by Crippen LogP contribution is -2.34. The first kappa shape index (κ1) is 23.4. The largest absolute Gasteiger partial charge is 0.465 e. The Morgan fingerprint density at radius 1 is 1.22 bits per heavy atom. The normalized spacial score (nSPS) is 13.1. The van der Waals surface area contributed by atoms with Gasteiger partial charge in [-0.2, -0.15) is 0 Å². The first-order valence-electron chi connectivity index (χ1n) is 9.86. The summed E-state index contributed by atoms with van der Waals surface area (Å²) in [4.78, 5) is 19.5. The van der Waals surface area contributed by atoms with Crippen LogP contribution in [0.5, 0.6) is 0 Å². The molecule has 0 spiro atoms. The summed E-state index contributed by atoms with van der Waals surface area (Å²) in [6.45, 7) is 14.2. The summed E-state index contributed by atoms with van der Waals surface area (Å²) in [5.41, 5.74) is 0.411. The lowest BCUT2D eigenvalue weighted by molar-refractivity contribution is 0.0963. The second-order valence-corrected chi connectivity index (χ2v) is 7.50. The lowest BCUT2D eigenvalue weighted by atomic mass is 10.2. The molecule has 152 valence electrons. The van der Waals surface area contributed by atoms with Gasteiger partial charge < -0.3 is 9.64 Å². The molecule has 0 fully saturated rings. The fourth-order valence-corrected chi connectivity index (χ4v) is 2.80. The zero-order valence-corrected chi connectivity index (χ0v) is 18.1. The molecule has 0 aliphatic heterocycles. The van der Waals surface area contributed by atoms with Gasteiger partial charge in [0.1, 0.15) is 0 Å². The third kappa shape index (κ3) is 9.25. The Kier molecular flexibility index (Phi) is 11.1. The Morgan fingerprint density at radius 3 is 2.48 bits per heavy atom. The van der Waals surface area contributed by atoms with E-state index in [0.29, 0.717) is 23.1 Å². The van der Waals surface area contributed by atoms with Crippen LogP contribution in [0.1, 0.15) is 57.8 Å². The number of rotatable bonds is 10. The van der Waals surface area contributed by atoms with Gasteiger partial charge in [0.2, 0.25) is 0 Å². The van der Waals surface area contributed by atoms with Gasteiger partial charge >= 0.3 is 0 Å². The second kappa shape index (κ2) is 12.7. The van der Waals surface area contributed by atoms with Crippen LogP contribution in [0.2, 0.25) is 5.02 Å². The molecule has 0 aliphatic carbocycles. The van der Waals surface area contributed by atoms with Gasteiger partial charge in [0.05, 0.1) is 23.2 Å². The van der Waals surface area contributed by atoms with E-state index in [4.69, 9.17) is 16.3 Å². The minimum Gasteiger partial charge on any atom is -0.465 e. The summed E-state index contributed by atoms with van der Waals surface area (Å²) in [5.74, 6) is 0.0313. The van der Waals surface area contributed by atoms with Gasteiger partial charge in [-0.3, -0.25) is 10.1 Å². The van der Waals surface area contributed by atoms with E-state index >= 15 is 0 Å². The summed E-state index contributed by atoms with van der Waals surface area (Å²) in [6.07, 6.45) is 2.00. The van der Waals surface area contributed by atoms with Crippen molar-refractivity contribution in [3.8, 4) is 0 Å². The number of benzene rings is 1. The molecule has 27 heavy (non-hydrogen) atoms. The Labute approximate surface area is 169 Å². The number of ether oxygens (including phenoxy) is 1. The van der Waals surface area contributed by atoms with E-state index in [1.807, 2.05) is 6.92 Å². The summed E-state index contributed by atoms with van der Waals surface area (Å²) >= 11 is 6.12. The van der Waals surface area contributed by atoms with Crippen LogP contribution < -0.4 is 5.32 Å². The highest BCUT2D eigenvalue weighted by Gasteiger charge is 2.14. The number of amides is 1. The van der Waals surface area contributed by atoms with Crippen LogP contribution >= 0.6 is 11.6 Å². The predicted molar refractivity (Wildman–Crippen MR) is 114 cm³/mol. The molecule has 1 unspecified atom stereocenters. The molecule has 6 heteroatoms. The molecule has 1 atom stereocenters. The Bertz CT molecular complexity index is 601. The fourth-order valence-electron chi connectivity index (χ4n) is 2.58. The number of hydrogen-bond acceptors (Lipinski definition) is 4.